The van der Waals surface area contributed by atoms with Crippen molar-refractivity contribution in [3.63, 3.8) is 0 Å². The van der Waals surface area contributed by atoms with Gasteiger partial charge in [-0.05, 0) is 24.8 Å². The molecule has 0 radical (unpaired) electrons. The third-order valence-corrected chi connectivity index (χ3v) is 4.36. The first-order valence-electron chi connectivity index (χ1n) is 9.43. The van der Waals surface area contributed by atoms with Crippen molar-refractivity contribution >= 4 is 18.3 Å². The summed E-state index contributed by atoms with van der Waals surface area (Å²) in [6.45, 7) is 13.2. The van der Waals surface area contributed by atoms with Gasteiger partial charge in [0.1, 0.15) is 6.61 Å². The second-order valence-electron chi connectivity index (χ2n) is 6.18. The van der Waals surface area contributed by atoms with Crippen molar-refractivity contribution < 1.29 is 14.3 Å². The molecule has 0 atom stereocenters. The highest BCUT2D eigenvalue weighted by Crippen LogP contribution is 2.36. The van der Waals surface area contributed by atoms with E-state index in [2.05, 4.69) is 18.3 Å². The molecule has 0 unspecified atom stereocenters. The lowest BCUT2D eigenvalue weighted by molar-refractivity contribution is 0.0796. The third-order valence-electron chi connectivity index (χ3n) is 4.36. The second-order valence-corrected chi connectivity index (χ2v) is 6.18. The van der Waals surface area contributed by atoms with Crippen LogP contribution >= 0.6 is 0 Å². The van der Waals surface area contributed by atoms with E-state index in [4.69, 9.17) is 9.47 Å². The van der Waals surface area contributed by atoms with Gasteiger partial charge in [0.05, 0.1) is 18.4 Å². The first-order chi connectivity index (χ1) is 13.6. The number of ether oxygens (including phenoxy) is 2. The van der Waals surface area contributed by atoms with Crippen LogP contribution in [-0.2, 0) is 6.61 Å². The van der Waals surface area contributed by atoms with E-state index in [1.54, 1.807) is 24.1 Å². The van der Waals surface area contributed by atoms with E-state index in [1.807, 2.05) is 44.2 Å². The molecule has 1 aliphatic heterocycles. The van der Waals surface area contributed by atoms with E-state index in [9.17, 15) is 4.79 Å². The minimum absolute atomic E-state index is 0.0982. The van der Waals surface area contributed by atoms with Gasteiger partial charge in [-0.25, -0.2) is 0 Å². The lowest BCUT2D eigenvalue weighted by atomic mass is 10.1. The number of carbonyl (C=O) groups is 1. The predicted molar refractivity (Wildman–Crippen MR) is 114 cm³/mol. The average Bonchev–Trinajstić information content (AvgIpc) is 3.19. The molecule has 1 saturated heterocycles. The van der Waals surface area contributed by atoms with Crippen LogP contribution in [0.4, 0.5) is 5.69 Å². The molecule has 0 aliphatic carbocycles. The van der Waals surface area contributed by atoms with Crippen LogP contribution in [0.1, 0.15) is 36.2 Å². The molecule has 1 amide bonds. The summed E-state index contributed by atoms with van der Waals surface area (Å²) in [6, 6.07) is 13.2. The van der Waals surface area contributed by atoms with Gasteiger partial charge in [0.15, 0.2) is 11.5 Å². The Morgan fingerprint density at radius 1 is 1.18 bits per heavy atom. The number of amides is 1. The minimum atomic E-state index is -0.0982. The van der Waals surface area contributed by atoms with E-state index >= 15 is 0 Å². The Bertz CT molecular complexity index is 831. The maximum Gasteiger partial charge on any atom is 0.256 e. The molecular weight excluding hydrogens is 352 g/mol. The summed E-state index contributed by atoms with van der Waals surface area (Å²) in [7, 11) is 1.55. The maximum absolute atomic E-state index is 12.8. The van der Waals surface area contributed by atoms with Crippen LogP contribution in [-0.4, -0.2) is 37.7 Å². The molecule has 0 aromatic heterocycles. The molecule has 28 heavy (non-hydrogen) atoms. The molecule has 0 bridgehead atoms. The first-order valence-corrected chi connectivity index (χ1v) is 9.43. The molecule has 5 heteroatoms. The summed E-state index contributed by atoms with van der Waals surface area (Å²) in [5, 5.41) is 0. The molecular formula is C23H28N2O3. The Balaban J connectivity index is 0.00000136. The highest BCUT2D eigenvalue weighted by Gasteiger charge is 2.25. The lowest BCUT2D eigenvalue weighted by Gasteiger charge is -2.18. The summed E-state index contributed by atoms with van der Waals surface area (Å²) in [5.74, 6) is 0.926. The smallest absolute Gasteiger partial charge is 0.256 e. The number of nitrogens with zero attached hydrogens (tertiary/aromatic N) is 2. The van der Waals surface area contributed by atoms with Crippen molar-refractivity contribution in [3.05, 3.63) is 65.7 Å². The highest BCUT2D eigenvalue weighted by molar-refractivity contribution is 6.00. The van der Waals surface area contributed by atoms with E-state index in [0.29, 0.717) is 42.4 Å². The van der Waals surface area contributed by atoms with Gasteiger partial charge in [-0.2, -0.15) is 0 Å². The number of likely N-dealkylation sites (tertiary alicyclic amines) is 1. The fourth-order valence-electron chi connectivity index (χ4n) is 2.92. The lowest BCUT2D eigenvalue weighted by Crippen LogP contribution is -2.27. The maximum atomic E-state index is 12.8. The van der Waals surface area contributed by atoms with Crippen LogP contribution in [0.15, 0.2) is 59.6 Å². The summed E-state index contributed by atoms with van der Waals surface area (Å²) in [6.07, 6.45) is 0.831. The number of methoxy groups -OCH3 is 1. The second kappa shape index (κ2) is 10.3. The molecule has 148 valence electrons. The first kappa shape index (κ1) is 21.2. The number of rotatable bonds is 6. The van der Waals surface area contributed by atoms with Crippen LogP contribution in [0.5, 0.6) is 11.5 Å². The van der Waals surface area contributed by atoms with Gasteiger partial charge in [0.25, 0.3) is 5.91 Å². The van der Waals surface area contributed by atoms with Gasteiger partial charge in [-0.15, -0.1) is 0 Å². The molecule has 2 aromatic carbocycles. The fraction of sp³-hybridized carbons (Fsp3) is 0.304. The topological polar surface area (TPSA) is 51.1 Å². The number of hydrogen-bond acceptors (Lipinski definition) is 4. The molecule has 1 heterocycles. The van der Waals surface area contributed by atoms with Gasteiger partial charge in [-0.3, -0.25) is 9.79 Å². The van der Waals surface area contributed by atoms with Gasteiger partial charge < -0.3 is 14.4 Å². The zero-order valence-electron chi connectivity index (χ0n) is 16.9. The van der Waals surface area contributed by atoms with E-state index in [-0.39, 0.29) is 5.91 Å². The number of benzene rings is 2. The van der Waals surface area contributed by atoms with E-state index in [0.717, 1.165) is 17.6 Å². The standard InChI is InChI=1S/C21H22N2O3.C2H6/c1-15-9-10-23(13-15)21(24)17-11-19(25-3)20(12-18(17)22-2)26-14-16-7-5-4-6-8-16;1-2/h4-8,11-12H,1-2,9-10,13-14H2,3H3;1-2H3. The fourth-order valence-corrected chi connectivity index (χ4v) is 2.92. The zero-order valence-corrected chi connectivity index (χ0v) is 16.9. The van der Waals surface area contributed by atoms with Crippen LogP contribution < -0.4 is 9.47 Å². The molecule has 5 nitrogen and oxygen atoms in total. The largest absolute Gasteiger partial charge is 0.493 e. The summed E-state index contributed by atoms with van der Waals surface area (Å²) < 4.78 is 11.3. The Hall–Kier alpha value is -3.08. The van der Waals surface area contributed by atoms with Gasteiger partial charge in [-0.1, -0.05) is 56.3 Å². The summed E-state index contributed by atoms with van der Waals surface area (Å²) in [4.78, 5) is 18.6. The van der Waals surface area contributed by atoms with Crippen molar-refractivity contribution in [1.82, 2.24) is 4.90 Å². The summed E-state index contributed by atoms with van der Waals surface area (Å²) >= 11 is 0. The van der Waals surface area contributed by atoms with Crippen LogP contribution in [0.3, 0.4) is 0 Å². The normalized spacial score (nSPS) is 12.8. The van der Waals surface area contributed by atoms with Crippen LogP contribution in [0, 0.1) is 0 Å². The molecule has 3 rings (SSSR count). The SMILES string of the molecule is C=Nc1cc(OCc2ccccc2)c(OC)cc1C(=O)N1CCC(=C)C1.CC. The number of aliphatic imine (C=N–C) groups is 1. The van der Waals surface area contributed by atoms with Crippen molar-refractivity contribution in [1.29, 1.82) is 0 Å². The quantitative estimate of drug-likeness (QED) is 0.521. The van der Waals surface area contributed by atoms with E-state index < -0.39 is 0 Å². The monoisotopic (exact) mass is 380 g/mol. The molecule has 1 fully saturated rings. The van der Waals surface area contributed by atoms with Crippen LogP contribution in [0.2, 0.25) is 0 Å². The highest BCUT2D eigenvalue weighted by atomic mass is 16.5. The Morgan fingerprint density at radius 3 is 2.46 bits per heavy atom. The third kappa shape index (κ3) is 5.00. The van der Waals surface area contributed by atoms with Crippen molar-refractivity contribution in [3.8, 4) is 11.5 Å². The van der Waals surface area contributed by atoms with Gasteiger partial charge >= 0.3 is 0 Å². The molecule has 0 N–H and O–H groups in total. The minimum Gasteiger partial charge on any atom is -0.493 e. The van der Waals surface area contributed by atoms with Crippen molar-refractivity contribution in [2.45, 2.75) is 26.9 Å². The Morgan fingerprint density at radius 2 is 1.89 bits per heavy atom. The number of hydrogen-bond donors (Lipinski definition) is 0. The Labute approximate surface area is 167 Å². The molecule has 1 aliphatic rings. The van der Waals surface area contributed by atoms with Crippen molar-refractivity contribution in [2.24, 2.45) is 4.99 Å². The molecule has 0 spiro atoms. The number of carbonyl (C=O) groups excluding carboxylic acids is 1. The van der Waals surface area contributed by atoms with Gasteiger partial charge in [0.2, 0.25) is 0 Å². The van der Waals surface area contributed by atoms with Crippen LogP contribution in [0.25, 0.3) is 0 Å². The Kier molecular flexibility index (Phi) is 7.81. The molecule has 2 aromatic rings. The van der Waals surface area contributed by atoms with E-state index in [1.165, 1.54) is 0 Å². The van der Waals surface area contributed by atoms with Gasteiger partial charge in [0, 0.05) is 19.2 Å². The average molecular weight is 380 g/mol. The predicted octanol–water partition coefficient (Wildman–Crippen LogP) is 5.03. The summed E-state index contributed by atoms with van der Waals surface area (Å²) in [5.41, 5.74) is 3.04. The van der Waals surface area contributed by atoms with Crippen molar-refractivity contribution in [2.75, 3.05) is 20.2 Å². The molecule has 0 saturated carbocycles. The zero-order chi connectivity index (χ0) is 20.5.